The fraction of sp³-hybridized carbons (Fsp3) is 0.238. The van der Waals surface area contributed by atoms with Gasteiger partial charge in [-0.2, -0.15) is 0 Å². The van der Waals surface area contributed by atoms with Crippen molar-refractivity contribution >= 4 is 29.3 Å². The summed E-state index contributed by atoms with van der Waals surface area (Å²) in [5, 5.41) is 10.8. The highest BCUT2D eigenvalue weighted by atomic mass is 32.2. The summed E-state index contributed by atoms with van der Waals surface area (Å²) in [5.74, 6) is 0.225. The molecule has 9 heteroatoms. The lowest BCUT2D eigenvalue weighted by Gasteiger charge is -2.08. The van der Waals surface area contributed by atoms with E-state index in [4.69, 9.17) is 13.9 Å². The second-order valence-corrected chi connectivity index (χ2v) is 7.30. The Balaban J connectivity index is 1.51. The van der Waals surface area contributed by atoms with E-state index in [-0.39, 0.29) is 29.1 Å². The lowest BCUT2D eigenvalue weighted by molar-refractivity contribution is -0.113. The molecule has 0 aliphatic rings. The van der Waals surface area contributed by atoms with Crippen LogP contribution in [-0.2, 0) is 16.1 Å². The number of aromatic nitrogens is 2. The van der Waals surface area contributed by atoms with Gasteiger partial charge in [-0.05, 0) is 49.2 Å². The average Bonchev–Trinajstić information content (AvgIpc) is 3.21. The van der Waals surface area contributed by atoms with Crippen molar-refractivity contribution in [2.24, 2.45) is 0 Å². The summed E-state index contributed by atoms with van der Waals surface area (Å²) < 4.78 is 15.9. The van der Waals surface area contributed by atoms with Gasteiger partial charge in [0.05, 0.1) is 24.1 Å². The van der Waals surface area contributed by atoms with Gasteiger partial charge in [0, 0.05) is 0 Å². The monoisotopic (exact) mass is 427 g/mol. The molecule has 2 aromatic carbocycles. The molecule has 1 aromatic heterocycles. The minimum atomic E-state index is -0.524. The van der Waals surface area contributed by atoms with Crippen molar-refractivity contribution in [1.29, 1.82) is 0 Å². The van der Waals surface area contributed by atoms with Gasteiger partial charge in [0.15, 0.2) is 6.61 Å². The molecule has 0 radical (unpaired) electrons. The molecule has 0 unspecified atom stereocenters. The summed E-state index contributed by atoms with van der Waals surface area (Å²) in [4.78, 5) is 24.0. The number of hydrogen-bond acceptors (Lipinski definition) is 8. The summed E-state index contributed by atoms with van der Waals surface area (Å²) >= 11 is 1.09. The van der Waals surface area contributed by atoms with Crippen LogP contribution in [0.5, 0.6) is 5.75 Å². The standard InChI is InChI=1S/C21H21N3O5S/c1-13-8-9-15(10-14(13)2)28-11-19-23-24-21(29-19)30-12-18(25)22-17-7-5-4-6-16(17)20(26)27-3/h4-10H,11-12H2,1-3H3,(H,22,25). The lowest BCUT2D eigenvalue weighted by Crippen LogP contribution is -2.17. The predicted octanol–water partition coefficient (Wildman–Crippen LogP) is 3.78. The third kappa shape index (κ3) is 5.60. The third-order valence-corrected chi connectivity index (χ3v) is 5.04. The van der Waals surface area contributed by atoms with Gasteiger partial charge in [0.2, 0.25) is 5.91 Å². The van der Waals surface area contributed by atoms with Gasteiger partial charge >= 0.3 is 5.97 Å². The molecule has 8 nitrogen and oxygen atoms in total. The lowest BCUT2D eigenvalue weighted by atomic mass is 10.1. The van der Waals surface area contributed by atoms with Crippen LogP contribution in [0.1, 0.15) is 27.4 Å². The molecule has 0 bridgehead atoms. The highest BCUT2D eigenvalue weighted by molar-refractivity contribution is 7.99. The number of benzene rings is 2. The van der Waals surface area contributed by atoms with Crippen molar-refractivity contribution in [2.75, 3.05) is 18.2 Å². The predicted molar refractivity (Wildman–Crippen MR) is 112 cm³/mol. The van der Waals surface area contributed by atoms with E-state index < -0.39 is 5.97 Å². The maximum Gasteiger partial charge on any atom is 0.339 e. The summed E-state index contributed by atoms with van der Waals surface area (Å²) in [6.45, 7) is 4.18. The van der Waals surface area contributed by atoms with Crippen LogP contribution < -0.4 is 10.1 Å². The molecule has 1 N–H and O–H groups in total. The van der Waals surface area contributed by atoms with Crippen molar-refractivity contribution in [1.82, 2.24) is 10.2 Å². The summed E-state index contributed by atoms with van der Waals surface area (Å²) in [6.07, 6.45) is 0. The minimum Gasteiger partial charge on any atom is -0.484 e. The molecule has 3 rings (SSSR count). The topological polar surface area (TPSA) is 104 Å². The number of rotatable bonds is 8. The van der Waals surface area contributed by atoms with E-state index in [0.29, 0.717) is 17.3 Å². The molecule has 156 valence electrons. The molecule has 0 fully saturated rings. The molecule has 0 atom stereocenters. The van der Waals surface area contributed by atoms with E-state index in [1.165, 1.54) is 12.7 Å². The Morgan fingerprint density at radius 2 is 1.90 bits per heavy atom. The van der Waals surface area contributed by atoms with Gasteiger partial charge in [0.25, 0.3) is 11.1 Å². The summed E-state index contributed by atoms with van der Waals surface area (Å²) in [6, 6.07) is 12.4. The number of methoxy groups -OCH3 is 1. The quantitative estimate of drug-likeness (QED) is 0.428. The van der Waals surface area contributed by atoms with Crippen LogP contribution >= 0.6 is 11.8 Å². The number of anilines is 1. The van der Waals surface area contributed by atoms with Crippen LogP contribution in [0.25, 0.3) is 0 Å². The Morgan fingerprint density at radius 3 is 2.67 bits per heavy atom. The van der Waals surface area contributed by atoms with Crippen molar-refractivity contribution in [3.63, 3.8) is 0 Å². The van der Waals surface area contributed by atoms with Crippen LogP contribution in [0.3, 0.4) is 0 Å². The zero-order chi connectivity index (χ0) is 21.5. The molecular formula is C21H21N3O5S. The average molecular weight is 427 g/mol. The van der Waals surface area contributed by atoms with E-state index >= 15 is 0 Å². The number of nitrogens with one attached hydrogen (secondary N) is 1. The first-order valence-corrected chi connectivity index (χ1v) is 10.1. The molecule has 0 spiro atoms. The van der Waals surface area contributed by atoms with E-state index in [1.807, 2.05) is 32.0 Å². The van der Waals surface area contributed by atoms with Crippen molar-refractivity contribution in [3.05, 3.63) is 65.0 Å². The number of ether oxygens (including phenoxy) is 2. The van der Waals surface area contributed by atoms with Crippen LogP contribution in [0.15, 0.2) is 52.1 Å². The summed E-state index contributed by atoms with van der Waals surface area (Å²) in [5.41, 5.74) is 2.98. The number of carbonyl (C=O) groups excluding carboxylic acids is 2. The number of hydrogen-bond donors (Lipinski definition) is 1. The zero-order valence-corrected chi connectivity index (χ0v) is 17.6. The van der Waals surface area contributed by atoms with Gasteiger partial charge in [-0.15, -0.1) is 10.2 Å². The highest BCUT2D eigenvalue weighted by Crippen LogP contribution is 2.21. The van der Waals surface area contributed by atoms with Gasteiger partial charge in [-0.25, -0.2) is 4.79 Å². The first-order valence-electron chi connectivity index (χ1n) is 9.08. The Bertz CT molecular complexity index is 1050. The van der Waals surface area contributed by atoms with Crippen LogP contribution in [0.4, 0.5) is 5.69 Å². The second kappa shape index (κ2) is 9.93. The molecule has 1 amide bonds. The van der Waals surface area contributed by atoms with Gasteiger partial charge in [-0.3, -0.25) is 4.79 Å². The largest absolute Gasteiger partial charge is 0.484 e. The van der Waals surface area contributed by atoms with Crippen LogP contribution in [0.2, 0.25) is 0 Å². The number of carbonyl (C=O) groups is 2. The van der Waals surface area contributed by atoms with E-state index in [2.05, 4.69) is 15.5 Å². The van der Waals surface area contributed by atoms with Gasteiger partial charge < -0.3 is 19.2 Å². The van der Waals surface area contributed by atoms with Crippen molar-refractivity contribution < 1.29 is 23.5 Å². The Hall–Kier alpha value is -3.33. The highest BCUT2D eigenvalue weighted by Gasteiger charge is 2.15. The van der Waals surface area contributed by atoms with E-state index in [1.54, 1.807) is 24.3 Å². The number of esters is 1. The number of aryl methyl sites for hydroxylation is 2. The maximum atomic E-state index is 12.2. The molecule has 1 heterocycles. The number of nitrogens with zero attached hydrogens (tertiary/aromatic N) is 2. The molecule has 0 aliphatic heterocycles. The normalized spacial score (nSPS) is 10.5. The third-order valence-electron chi connectivity index (χ3n) is 4.22. The van der Waals surface area contributed by atoms with E-state index in [9.17, 15) is 9.59 Å². The first kappa shape index (κ1) is 21.4. The molecule has 3 aromatic rings. The van der Waals surface area contributed by atoms with Gasteiger partial charge in [-0.1, -0.05) is 30.0 Å². The smallest absolute Gasteiger partial charge is 0.339 e. The number of thioether (sulfide) groups is 1. The Kier molecular flexibility index (Phi) is 7.08. The van der Waals surface area contributed by atoms with Crippen LogP contribution in [0, 0.1) is 13.8 Å². The molecular weight excluding hydrogens is 406 g/mol. The number of amides is 1. The molecule has 0 saturated heterocycles. The zero-order valence-electron chi connectivity index (χ0n) is 16.8. The fourth-order valence-electron chi connectivity index (χ4n) is 2.50. The molecule has 0 aliphatic carbocycles. The molecule has 30 heavy (non-hydrogen) atoms. The Morgan fingerprint density at radius 1 is 1.10 bits per heavy atom. The maximum absolute atomic E-state index is 12.2. The SMILES string of the molecule is COC(=O)c1ccccc1NC(=O)CSc1nnc(COc2ccc(C)c(C)c2)o1. The van der Waals surface area contributed by atoms with Crippen LogP contribution in [-0.4, -0.2) is 34.9 Å². The Labute approximate surface area is 178 Å². The second-order valence-electron chi connectivity index (χ2n) is 6.37. The summed E-state index contributed by atoms with van der Waals surface area (Å²) in [7, 11) is 1.29. The van der Waals surface area contributed by atoms with Gasteiger partial charge in [0.1, 0.15) is 5.75 Å². The fourth-order valence-corrected chi connectivity index (χ4v) is 3.08. The van der Waals surface area contributed by atoms with E-state index in [0.717, 1.165) is 17.3 Å². The van der Waals surface area contributed by atoms with Crippen molar-refractivity contribution in [2.45, 2.75) is 25.7 Å². The number of para-hydroxylation sites is 1. The minimum absolute atomic E-state index is 0.0369. The molecule has 0 saturated carbocycles. The van der Waals surface area contributed by atoms with Crippen molar-refractivity contribution in [3.8, 4) is 5.75 Å². The first-order chi connectivity index (χ1) is 14.5.